The molecule has 0 fully saturated rings. The van der Waals surface area contributed by atoms with Crippen LogP contribution in [0.15, 0.2) is 79.7 Å². The molecular weight excluding hydrogens is 407 g/mol. The average Bonchev–Trinajstić information content (AvgIpc) is 3.50. The van der Waals surface area contributed by atoms with Crippen molar-refractivity contribution in [3.8, 4) is 22.5 Å². The second kappa shape index (κ2) is 7.81. The highest BCUT2D eigenvalue weighted by molar-refractivity contribution is 7.11. The number of aromatic amines is 2. The fourth-order valence-electron chi connectivity index (χ4n) is 3.78. The minimum absolute atomic E-state index is 0.209. The smallest absolute Gasteiger partial charge is 0.176 e. The van der Waals surface area contributed by atoms with Crippen LogP contribution in [0.3, 0.4) is 0 Å². The van der Waals surface area contributed by atoms with Crippen molar-refractivity contribution in [2.45, 2.75) is 6.92 Å². The predicted octanol–water partition coefficient (Wildman–Crippen LogP) is 6.75. The Hall–Kier alpha value is -3.77. The van der Waals surface area contributed by atoms with Crippen LogP contribution in [0.1, 0.15) is 16.1 Å². The molecule has 0 aliphatic heterocycles. The fourth-order valence-corrected chi connectivity index (χ4v) is 4.55. The maximum Gasteiger partial charge on any atom is 0.176 e. The summed E-state index contributed by atoms with van der Waals surface area (Å²) in [4.78, 5) is 8.54. The molecule has 0 aliphatic carbocycles. The second-order valence-electron chi connectivity index (χ2n) is 7.22. The number of fused-ring (bicyclic) bond motifs is 1. The maximum atomic E-state index is 13.7. The number of thiophene rings is 1. The molecule has 5 rings (SSSR count). The number of aryl methyl sites for hydroxylation is 1. The summed E-state index contributed by atoms with van der Waals surface area (Å²) in [6, 6.07) is 15.5. The third-order valence-electron chi connectivity index (χ3n) is 5.24. The first-order chi connectivity index (χ1) is 15.1. The van der Waals surface area contributed by atoms with E-state index in [1.807, 2.05) is 37.4 Å². The summed E-state index contributed by atoms with van der Waals surface area (Å²) in [6.07, 6.45) is 7.25. The Morgan fingerprint density at radius 2 is 2.03 bits per heavy atom. The molecule has 4 aromatic heterocycles. The van der Waals surface area contributed by atoms with Gasteiger partial charge in [0.1, 0.15) is 5.69 Å². The van der Waals surface area contributed by atoms with Crippen molar-refractivity contribution in [1.82, 2.24) is 20.2 Å². The summed E-state index contributed by atoms with van der Waals surface area (Å²) in [5.74, 6) is 0. The van der Waals surface area contributed by atoms with Gasteiger partial charge in [0.2, 0.25) is 0 Å². The summed E-state index contributed by atoms with van der Waals surface area (Å²) in [5.41, 5.74) is 7.73. The zero-order valence-corrected chi connectivity index (χ0v) is 17.6. The number of nitrogens with zero attached hydrogens (tertiary/aromatic N) is 2. The van der Waals surface area contributed by atoms with Gasteiger partial charge in [0.25, 0.3) is 0 Å². The van der Waals surface area contributed by atoms with Crippen molar-refractivity contribution >= 4 is 27.8 Å². The number of hydrogen-bond acceptors (Lipinski definition) is 3. The van der Waals surface area contributed by atoms with E-state index in [1.54, 1.807) is 18.3 Å². The van der Waals surface area contributed by atoms with Crippen LogP contribution in [0.5, 0.6) is 0 Å². The Labute approximate surface area is 182 Å². The molecule has 0 saturated heterocycles. The first-order valence-electron chi connectivity index (χ1n) is 9.81. The van der Waals surface area contributed by atoms with Crippen LogP contribution in [0.4, 0.5) is 4.39 Å². The van der Waals surface area contributed by atoms with Gasteiger partial charge in [-0.1, -0.05) is 30.9 Å². The molecule has 4 heterocycles. The Morgan fingerprint density at radius 1 is 1.13 bits per heavy atom. The lowest BCUT2D eigenvalue weighted by Gasteiger charge is -2.03. The lowest BCUT2D eigenvalue weighted by atomic mass is 10.0. The zero-order valence-electron chi connectivity index (χ0n) is 16.8. The number of aromatic nitrogens is 4. The minimum Gasteiger partial charge on any atom is -0.357 e. The summed E-state index contributed by atoms with van der Waals surface area (Å²) >= 11 is 1.12. The van der Waals surface area contributed by atoms with Crippen LogP contribution in [0.2, 0.25) is 0 Å². The van der Waals surface area contributed by atoms with Gasteiger partial charge in [-0.3, -0.25) is 10.1 Å². The quantitative estimate of drug-likeness (QED) is 0.306. The van der Waals surface area contributed by atoms with Crippen LogP contribution < -0.4 is 0 Å². The molecule has 0 atom stereocenters. The zero-order chi connectivity index (χ0) is 21.4. The lowest BCUT2D eigenvalue weighted by Crippen LogP contribution is -1.85. The second-order valence-corrected chi connectivity index (χ2v) is 8.25. The van der Waals surface area contributed by atoms with Gasteiger partial charge >= 0.3 is 0 Å². The number of nitrogens with one attached hydrogen (secondary N) is 2. The Kier molecular flexibility index (Phi) is 4.84. The van der Waals surface area contributed by atoms with Crippen molar-refractivity contribution in [2.24, 2.45) is 0 Å². The molecule has 0 radical (unpaired) electrons. The van der Waals surface area contributed by atoms with Gasteiger partial charge in [-0.2, -0.15) is 9.49 Å². The largest absolute Gasteiger partial charge is 0.357 e. The molecule has 4 nitrogen and oxygen atoms in total. The van der Waals surface area contributed by atoms with Gasteiger partial charge in [-0.25, -0.2) is 0 Å². The van der Waals surface area contributed by atoms with E-state index in [1.165, 1.54) is 6.07 Å². The van der Waals surface area contributed by atoms with E-state index in [0.717, 1.165) is 66.5 Å². The first-order valence-corrected chi connectivity index (χ1v) is 10.6. The number of hydrogen-bond donors (Lipinski definition) is 2. The number of benzene rings is 1. The molecule has 1 aromatic carbocycles. The van der Waals surface area contributed by atoms with Gasteiger partial charge in [0, 0.05) is 45.1 Å². The van der Waals surface area contributed by atoms with E-state index >= 15 is 0 Å². The van der Waals surface area contributed by atoms with Gasteiger partial charge in [0.05, 0.1) is 11.2 Å². The van der Waals surface area contributed by atoms with Crippen LogP contribution in [-0.4, -0.2) is 20.2 Å². The molecular formula is C25H19FN4S. The molecule has 152 valence electrons. The normalized spacial score (nSPS) is 11.9. The molecule has 31 heavy (non-hydrogen) atoms. The summed E-state index contributed by atoms with van der Waals surface area (Å²) in [6.45, 7) is 5.84. The Morgan fingerprint density at radius 3 is 2.77 bits per heavy atom. The molecule has 6 heteroatoms. The SMILES string of the molecule is C=C/C=C(/c1ccc(F)s1)c1cc(-c2n[nH]c3ccc(-c4cccnc4)cc23)[nH]c1C. The number of pyridine rings is 1. The van der Waals surface area contributed by atoms with Gasteiger partial charge in [-0.05, 0) is 48.9 Å². The molecule has 5 aromatic rings. The third-order valence-corrected chi connectivity index (χ3v) is 6.15. The standard InChI is InChI=1S/C25H19FN4S/c1-3-5-18(23-9-10-24(26)31-23)19-13-22(28-15(19)2)25-20-12-16(7-8-21(20)29-30-25)17-6-4-11-27-14-17/h3-14,28H,1H2,2H3,(H,29,30)/b18-5+. The monoisotopic (exact) mass is 426 g/mol. The summed E-state index contributed by atoms with van der Waals surface area (Å²) in [7, 11) is 0. The van der Waals surface area contributed by atoms with Crippen molar-refractivity contribution in [3.63, 3.8) is 0 Å². The van der Waals surface area contributed by atoms with E-state index in [0.29, 0.717) is 0 Å². The third kappa shape index (κ3) is 3.51. The Bertz CT molecular complexity index is 1420. The topological polar surface area (TPSA) is 57.4 Å². The average molecular weight is 427 g/mol. The van der Waals surface area contributed by atoms with E-state index in [4.69, 9.17) is 0 Å². The summed E-state index contributed by atoms with van der Waals surface area (Å²) < 4.78 is 13.7. The van der Waals surface area contributed by atoms with E-state index in [-0.39, 0.29) is 5.13 Å². The number of rotatable bonds is 5. The van der Waals surface area contributed by atoms with Crippen LogP contribution in [-0.2, 0) is 0 Å². The lowest BCUT2D eigenvalue weighted by molar-refractivity contribution is 0.657. The number of allylic oxidation sites excluding steroid dienone is 2. The molecule has 0 saturated carbocycles. The van der Waals surface area contributed by atoms with Crippen LogP contribution in [0.25, 0.3) is 39.0 Å². The highest BCUT2D eigenvalue weighted by atomic mass is 32.1. The van der Waals surface area contributed by atoms with Crippen molar-refractivity contribution in [3.05, 3.63) is 101 Å². The fraction of sp³-hybridized carbons (Fsp3) is 0.0400. The molecule has 0 amide bonds. The number of H-pyrrole nitrogens is 2. The maximum absolute atomic E-state index is 13.7. The van der Waals surface area contributed by atoms with Gasteiger partial charge < -0.3 is 4.98 Å². The van der Waals surface area contributed by atoms with E-state index in [9.17, 15) is 4.39 Å². The molecule has 0 spiro atoms. The van der Waals surface area contributed by atoms with Crippen LogP contribution in [0, 0.1) is 12.1 Å². The highest BCUT2D eigenvalue weighted by Gasteiger charge is 2.17. The first kappa shape index (κ1) is 19.2. The molecule has 2 N–H and O–H groups in total. The van der Waals surface area contributed by atoms with E-state index < -0.39 is 0 Å². The summed E-state index contributed by atoms with van der Waals surface area (Å²) in [5, 5.41) is 8.50. The van der Waals surface area contributed by atoms with Crippen LogP contribution >= 0.6 is 11.3 Å². The van der Waals surface area contributed by atoms with Gasteiger partial charge in [0.15, 0.2) is 5.13 Å². The van der Waals surface area contributed by atoms with Gasteiger partial charge in [-0.15, -0.1) is 11.3 Å². The number of halogens is 1. The highest BCUT2D eigenvalue weighted by Crippen LogP contribution is 2.35. The predicted molar refractivity (Wildman–Crippen MR) is 125 cm³/mol. The Balaban J connectivity index is 1.61. The van der Waals surface area contributed by atoms with Crippen molar-refractivity contribution < 1.29 is 4.39 Å². The molecule has 0 bridgehead atoms. The van der Waals surface area contributed by atoms with E-state index in [2.05, 4.69) is 44.9 Å². The minimum atomic E-state index is -0.209. The molecule has 0 unspecified atom stereocenters. The van der Waals surface area contributed by atoms with Crippen molar-refractivity contribution in [2.75, 3.05) is 0 Å². The molecule has 0 aliphatic rings. The van der Waals surface area contributed by atoms with Crippen molar-refractivity contribution in [1.29, 1.82) is 0 Å².